The van der Waals surface area contributed by atoms with Crippen LogP contribution in [0, 0.1) is 11.3 Å². The third-order valence-corrected chi connectivity index (χ3v) is 3.42. The summed E-state index contributed by atoms with van der Waals surface area (Å²) in [7, 11) is 0. The van der Waals surface area contributed by atoms with Gasteiger partial charge < -0.3 is 5.32 Å². The van der Waals surface area contributed by atoms with Crippen LogP contribution in [0.25, 0.3) is 0 Å². The maximum atomic E-state index is 11.6. The molecule has 4 nitrogen and oxygen atoms in total. The Morgan fingerprint density at radius 1 is 1.53 bits per heavy atom. The number of hydrogen-bond acceptors (Lipinski definition) is 3. The van der Waals surface area contributed by atoms with Crippen molar-refractivity contribution in [3.05, 3.63) is 24.3 Å². The lowest BCUT2D eigenvalue weighted by Crippen LogP contribution is -2.29. The lowest BCUT2D eigenvalue weighted by Gasteiger charge is -2.05. The summed E-state index contributed by atoms with van der Waals surface area (Å²) < 4.78 is 0. The van der Waals surface area contributed by atoms with Gasteiger partial charge in [0.05, 0.1) is 11.1 Å². The second-order valence-corrected chi connectivity index (χ2v) is 4.46. The molecule has 0 spiro atoms. The van der Waals surface area contributed by atoms with Crippen molar-refractivity contribution < 1.29 is 4.79 Å². The quantitative estimate of drug-likeness (QED) is 0.777. The zero-order valence-corrected chi connectivity index (χ0v) is 8.44. The van der Waals surface area contributed by atoms with E-state index in [2.05, 4.69) is 15.3 Å². The molecule has 0 aliphatic heterocycles. The standard InChI is InChI=1S/C11H13N3O/c15-10(11-5-8(11)6-11)14-2-1-9-7-12-3-4-13-9/h3-4,7-8H,1-2,5-6H2,(H,14,15). The van der Waals surface area contributed by atoms with Gasteiger partial charge in [-0.05, 0) is 18.8 Å². The molecule has 3 rings (SSSR count). The van der Waals surface area contributed by atoms with Gasteiger partial charge in [0.2, 0.25) is 5.91 Å². The number of nitrogens with one attached hydrogen (secondary N) is 1. The molecule has 2 saturated carbocycles. The largest absolute Gasteiger partial charge is 0.355 e. The number of amides is 1. The highest BCUT2D eigenvalue weighted by Crippen LogP contribution is 2.75. The van der Waals surface area contributed by atoms with Crippen molar-refractivity contribution in [3.8, 4) is 0 Å². The smallest absolute Gasteiger partial charge is 0.226 e. The Hall–Kier alpha value is -1.45. The zero-order chi connectivity index (χ0) is 10.3. The van der Waals surface area contributed by atoms with E-state index in [9.17, 15) is 4.79 Å². The summed E-state index contributed by atoms with van der Waals surface area (Å²) in [5, 5.41) is 2.97. The van der Waals surface area contributed by atoms with Crippen LogP contribution in [-0.4, -0.2) is 22.4 Å². The molecular weight excluding hydrogens is 190 g/mol. The van der Waals surface area contributed by atoms with Gasteiger partial charge in [-0.3, -0.25) is 14.8 Å². The van der Waals surface area contributed by atoms with Gasteiger partial charge in [0.1, 0.15) is 0 Å². The van der Waals surface area contributed by atoms with Crippen LogP contribution in [0.2, 0.25) is 0 Å². The molecule has 1 amide bonds. The van der Waals surface area contributed by atoms with Gasteiger partial charge in [-0.15, -0.1) is 0 Å². The minimum atomic E-state index is 0.0857. The minimum Gasteiger partial charge on any atom is -0.355 e. The maximum Gasteiger partial charge on any atom is 0.226 e. The molecule has 2 aliphatic carbocycles. The van der Waals surface area contributed by atoms with E-state index in [-0.39, 0.29) is 11.3 Å². The first-order valence-electron chi connectivity index (χ1n) is 5.34. The monoisotopic (exact) mass is 203 g/mol. The van der Waals surface area contributed by atoms with E-state index in [0.717, 1.165) is 25.0 Å². The van der Waals surface area contributed by atoms with Crippen LogP contribution in [0.1, 0.15) is 18.5 Å². The van der Waals surface area contributed by atoms with Crippen LogP contribution in [0.15, 0.2) is 18.6 Å². The predicted molar refractivity (Wildman–Crippen MR) is 53.9 cm³/mol. The van der Waals surface area contributed by atoms with Gasteiger partial charge in [0.25, 0.3) is 0 Å². The number of nitrogens with zero attached hydrogens (tertiary/aromatic N) is 2. The third-order valence-electron chi connectivity index (χ3n) is 3.42. The molecule has 0 aromatic carbocycles. The van der Waals surface area contributed by atoms with Gasteiger partial charge in [-0.2, -0.15) is 0 Å². The highest BCUT2D eigenvalue weighted by molar-refractivity contribution is 5.89. The second kappa shape index (κ2) is 3.02. The van der Waals surface area contributed by atoms with Crippen molar-refractivity contribution in [3.63, 3.8) is 0 Å². The fourth-order valence-electron chi connectivity index (χ4n) is 2.01. The lowest BCUT2D eigenvalue weighted by atomic mass is 10.2. The second-order valence-electron chi connectivity index (χ2n) is 4.46. The summed E-state index contributed by atoms with van der Waals surface area (Å²) in [6.45, 7) is 0.673. The molecule has 78 valence electrons. The molecule has 2 aliphatic rings. The fourth-order valence-corrected chi connectivity index (χ4v) is 2.01. The van der Waals surface area contributed by atoms with Gasteiger partial charge in [-0.25, -0.2) is 0 Å². The van der Waals surface area contributed by atoms with E-state index in [4.69, 9.17) is 0 Å². The average molecular weight is 203 g/mol. The zero-order valence-electron chi connectivity index (χ0n) is 8.44. The summed E-state index contributed by atoms with van der Waals surface area (Å²) in [6.07, 6.45) is 8.06. The Morgan fingerprint density at radius 2 is 2.33 bits per heavy atom. The molecule has 15 heavy (non-hydrogen) atoms. The summed E-state index contributed by atoms with van der Waals surface area (Å²) >= 11 is 0. The lowest BCUT2D eigenvalue weighted by molar-refractivity contribution is -0.124. The maximum absolute atomic E-state index is 11.6. The average Bonchev–Trinajstić information content (AvgIpc) is 3.07. The molecule has 0 bridgehead atoms. The molecule has 4 heteroatoms. The van der Waals surface area contributed by atoms with Gasteiger partial charge in [0, 0.05) is 31.6 Å². The van der Waals surface area contributed by atoms with Crippen molar-refractivity contribution >= 4 is 5.91 Å². The third kappa shape index (κ3) is 1.50. The molecule has 0 atom stereocenters. The van der Waals surface area contributed by atoms with Crippen molar-refractivity contribution in [2.75, 3.05) is 6.54 Å². The van der Waals surface area contributed by atoms with E-state index >= 15 is 0 Å². The normalized spacial score (nSPS) is 30.5. The van der Waals surface area contributed by atoms with Crippen LogP contribution in [0.5, 0.6) is 0 Å². The summed E-state index contributed by atoms with van der Waals surface area (Å²) in [6, 6.07) is 0. The van der Waals surface area contributed by atoms with Gasteiger partial charge >= 0.3 is 0 Å². The van der Waals surface area contributed by atoms with E-state index in [1.54, 1.807) is 18.6 Å². The molecule has 0 unspecified atom stereocenters. The molecule has 1 aromatic heterocycles. The van der Waals surface area contributed by atoms with Crippen molar-refractivity contribution in [2.45, 2.75) is 19.3 Å². The molecule has 0 radical (unpaired) electrons. The number of rotatable bonds is 4. The molecule has 2 fully saturated rings. The van der Waals surface area contributed by atoms with Crippen LogP contribution >= 0.6 is 0 Å². The first-order valence-corrected chi connectivity index (χ1v) is 5.34. The van der Waals surface area contributed by atoms with Crippen LogP contribution in [0.3, 0.4) is 0 Å². The number of fused-ring (bicyclic) bond motifs is 1. The van der Waals surface area contributed by atoms with Crippen LogP contribution in [-0.2, 0) is 11.2 Å². The number of aromatic nitrogens is 2. The molecule has 1 N–H and O–H groups in total. The van der Waals surface area contributed by atoms with E-state index < -0.39 is 0 Å². The van der Waals surface area contributed by atoms with Crippen LogP contribution in [0.4, 0.5) is 0 Å². The number of carbonyl (C=O) groups excluding carboxylic acids is 1. The SMILES string of the molecule is O=C(NCCc1cnccn1)C12CC1C2. The first-order chi connectivity index (χ1) is 7.31. The summed E-state index contributed by atoms with van der Waals surface area (Å²) in [5.74, 6) is 0.963. The van der Waals surface area contributed by atoms with Gasteiger partial charge in [0.15, 0.2) is 0 Å². The highest BCUT2D eigenvalue weighted by atomic mass is 16.2. The van der Waals surface area contributed by atoms with Crippen molar-refractivity contribution in [1.82, 2.24) is 15.3 Å². The van der Waals surface area contributed by atoms with Crippen molar-refractivity contribution in [2.24, 2.45) is 11.3 Å². The number of carbonyl (C=O) groups is 1. The van der Waals surface area contributed by atoms with E-state index in [1.165, 1.54) is 0 Å². The Morgan fingerprint density at radius 3 is 2.93 bits per heavy atom. The topological polar surface area (TPSA) is 54.9 Å². The summed E-state index contributed by atoms with van der Waals surface area (Å²) in [4.78, 5) is 19.7. The van der Waals surface area contributed by atoms with Crippen molar-refractivity contribution in [1.29, 1.82) is 0 Å². The van der Waals surface area contributed by atoms with Gasteiger partial charge in [-0.1, -0.05) is 0 Å². The van der Waals surface area contributed by atoms with E-state index in [1.807, 2.05) is 0 Å². The summed E-state index contributed by atoms with van der Waals surface area (Å²) in [5.41, 5.74) is 1.01. The fraction of sp³-hybridized carbons (Fsp3) is 0.545. The minimum absolute atomic E-state index is 0.0857. The Balaban J connectivity index is 1.45. The molecule has 1 aromatic rings. The predicted octanol–water partition coefficient (Wildman–Crippen LogP) is 0.545. The Bertz CT molecular complexity index is 384. The van der Waals surface area contributed by atoms with E-state index in [0.29, 0.717) is 12.5 Å². The highest BCUT2D eigenvalue weighted by Gasteiger charge is 2.74. The molecule has 0 saturated heterocycles. The van der Waals surface area contributed by atoms with Crippen LogP contribution < -0.4 is 5.32 Å². The number of hydrogen-bond donors (Lipinski definition) is 1. The Labute approximate surface area is 88.1 Å². The first kappa shape index (κ1) is 8.83. The molecular formula is C11H13N3O. The molecule has 1 heterocycles. The Kier molecular flexibility index (Phi) is 1.78.